The van der Waals surface area contributed by atoms with Crippen LogP contribution < -0.4 is 10.1 Å². The van der Waals surface area contributed by atoms with Crippen LogP contribution in [-0.4, -0.2) is 26.8 Å². The summed E-state index contributed by atoms with van der Waals surface area (Å²) in [6, 6.07) is 15.9. The molecule has 1 aromatic heterocycles. The number of nitrogens with zero attached hydrogens (tertiary/aromatic N) is 2. The first-order chi connectivity index (χ1) is 14.0. The Morgan fingerprint density at radius 2 is 1.93 bits per heavy atom. The van der Waals surface area contributed by atoms with Crippen LogP contribution in [0.1, 0.15) is 43.6 Å². The number of para-hydroxylation sites is 1. The van der Waals surface area contributed by atoms with Crippen LogP contribution in [0, 0.1) is 0 Å². The van der Waals surface area contributed by atoms with Gasteiger partial charge < -0.3 is 10.1 Å². The highest BCUT2D eigenvalue weighted by Crippen LogP contribution is 2.24. The molecule has 152 valence electrons. The van der Waals surface area contributed by atoms with Gasteiger partial charge in [-0.15, -0.1) is 5.10 Å². The van der Waals surface area contributed by atoms with Crippen molar-refractivity contribution in [3.8, 4) is 5.75 Å². The van der Waals surface area contributed by atoms with Crippen molar-refractivity contribution in [1.82, 2.24) is 15.2 Å². The van der Waals surface area contributed by atoms with Crippen LogP contribution in [0.4, 0.5) is 5.69 Å². The van der Waals surface area contributed by atoms with E-state index in [0.29, 0.717) is 23.5 Å². The number of benzene rings is 2. The summed E-state index contributed by atoms with van der Waals surface area (Å²) in [5.41, 5.74) is 3.24. The zero-order chi connectivity index (χ0) is 20.6. The van der Waals surface area contributed by atoms with Gasteiger partial charge in [0.05, 0.1) is 5.75 Å². The zero-order valence-corrected chi connectivity index (χ0v) is 17.8. The van der Waals surface area contributed by atoms with E-state index in [4.69, 9.17) is 4.74 Å². The van der Waals surface area contributed by atoms with Crippen LogP contribution in [0.3, 0.4) is 0 Å². The number of aromatic amines is 1. The second-order valence-corrected chi connectivity index (χ2v) is 7.87. The lowest BCUT2D eigenvalue weighted by atomic mass is 10.0. The molecule has 1 amide bonds. The number of hydrogen-bond acceptors (Lipinski definition) is 5. The second kappa shape index (κ2) is 10.1. The summed E-state index contributed by atoms with van der Waals surface area (Å²) in [4.78, 5) is 16.7. The summed E-state index contributed by atoms with van der Waals surface area (Å²) in [5.74, 6) is 1.91. The Labute approximate surface area is 175 Å². The van der Waals surface area contributed by atoms with E-state index >= 15 is 0 Å². The van der Waals surface area contributed by atoms with Gasteiger partial charge in [-0.2, -0.15) is 0 Å². The highest BCUT2D eigenvalue weighted by Gasteiger charge is 2.11. The molecule has 0 aliphatic carbocycles. The Balaban J connectivity index is 1.48. The summed E-state index contributed by atoms with van der Waals surface area (Å²) in [7, 11) is 0. The van der Waals surface area contributed by atoms with Crippen molar-refractivity contribution in [2.75, 3.05) is 11.1 Å². The fraction of sp³-hybridized carbons (Fsp3) is 0.318. The molecule has 6 nitrogen and oxygen atoms in total. The number of aryl methyl sites for hydroxylation is 1. The lowest BCUT2D eigenvalue weighted by Gasteiger charge is -2.13. The average Bonchev–Trinajstić information content (AvgIpc) is 3.19. The molecule has 0 saturated carbocycles. The van der Waals surface area contributed by atoms with Crippen molar-refractivity contribution >= 4 is 23.4 Å². The number of amides is 1. The molecule has 3 rings (SSSR count). The number of aromatic nitrogens is 3. The first kappa shape index (κ1) is 20.9. The predicted octanol–water partition coefficient (Wildman–Crippen LogP) is 4.80. The molecular formula is C22H26N4O2S. The van der Waals surface area contributed by atoms with Crippen LogP contribution in [0.5, 0.6) is 5.75 Å². The van der Waals surface area contributed by atoms with E-state index in [1.807, 2.05) is 48.5 Å². The van der Waals surface area contributed by atoms with Crippen molar-refractivity contribution < 1.29 is 9.53 Å². The van der Waals surface area contributed by atoms with E-state index in [1.54, 1.807) is 0 Å². The summed E-state index contributed by atoms with van der Waals surface area (Å²) in [6.07, 6.45) is 1.000. The molecule has 0 bridgehead atoms. The molecule has 0 atom stereocenters. The van der Waals surface area contributed by atoms with Gasteiger partial charge in [0.2, 0.25) is 11.1 Å². The maximum absolute atomic E-state index is 12.3. The van der Waals surface area contributed by atoms with E-state index in [-0.39, 0.29) is 11.7 Å². The largest absolute Gasteiger partial charge is 0.486 e. The number of hydrogen-bond donors (Lipinski definition) is 2. The molecule has 0 aliphatic heterocycles. The highest BCUT2D eigenvalue weighted by atomic mass is 32.2. The minimum atomic E-state index is -0.0817. The number of carbonyl (C=O) groups is 1. The molecule has 2 aromatic carbocycles. The van der Waals surface area contributed by atoms with Crippen LogP contribution in [0.2, 0.25) is 0 Å². The van der Waals surface area contributed by atoms with Gasteiger partial charge >= 0.3 is 0 Å². The molecule has 1 heterocycles. The van der Waals surface area contributed by atoms with Gasteiger partial charge in [-0.05, 0) is 41.7 Å². The fourth-order valence-corrected chi connectivity index (χ4v) is 3.43. The summed E-state index contributed by atoms with van der Waals surface area (Å²) < 4.78 is 5.72. The van der Waals surface area contributed by atoms with Gasteiger partial charge in [0.15, 0.2) is 5.82 Å². The third-order valence-electron chi connectivity index (χ3n) is 4.41. The third-order valence-corrected chi connectivity index (χ3v) is 5.25. The Bertz CT molecular complexity index is 938. The Kier molecular flexibility index (Phi) is 7.30. The number of carbonyl (C=O) groups excluding carboxylic acids is 1. The number of ether oxygens (including phenoxy) is 1. The van der Waals surface area contributed by atoms with Crippen LogP contribution in [0.15, 0.2) is 53.7 Å². The second-order valence-electron chi connectivity index (χ2n) is 6.93. The zero-order valence-electron chi connectivity index (χ0n) is 16.9. The minimum absolute atomic E-state index is 0.0817. The van der Waals surface area contributed by atoms with E-state index in [2.05, 4.69) is 41.3 Å². The van der Waals surface area contributed by atoms with Gasteiger partial charge in [0.25, 0.3) is 0 Å². The van der Waals surface area contributed by atoms with Crippen LogP contribution >= 0.6 is 11.8 Å². The number of thioether (sulfide) groups is 1. The molecular weight excluding hydrogens is 384 g/mol. The number of rotatable bonds is 9. The van der Waals surface area contributed by atoms with Gasteiger partial charge in [-0.25, -0.2) is 4.98 Å². The first-order valence-electron chi connectivity index (χ1n) is 9.69. The maximum atomic E-state index is 12.3. The number of anilines is 1. The van der Waals surface area contributed by atoms with Gasteiger partial charge in [0, 0.05) is 5.69 Å². The van der Waals surface area contributed by atoms with Crippen molar-refractivity contribution in [3.63, 3.8) is 0 Å². The molecule has 0 spiro atoms. The molecule has 0 saturated heterocycles. The monoisotopic (exact) mass is 410 g/mol. The van der Waals surface area contributed by atoms with E-state index in [9.17, 15) is 4.79 Å². The van der Waals surface area contributed by atoms with Crippen LogP contribution in [-0.2, 0) is 17.8 Å². The van der Waals surface area contributed by atoms with Crippen molar-refractivity contribution in [2.24, 2.45) is 0 Å². The van der Waals surface area contributed by atoms with E-state index in [0.717, 1.165) is 23.4 Å². The summed E-state index contributed by atoms with van der Waals surface area (Å²) in [5, 5.41) is 10.5. The molecule has 7 heteroatoms. The number of H-pyrrole nitrogens is 1. The normalized spacial score (nSPS) is 10.9. The molecule has 0 aliphatic rings. The molecule has 3 aromatic rings. The molecule has 2 N–H and O–H groups in total. The first-order valence-corrected chi connectivity index (χ1v) is 10.7. The summed E-state index contributed by atoms with van der Waals surface area (Å²) >= 11 is 1.29. The van der Waals surface area contributed by atoms with Crippen molar-refractivity contribution in [1.29, 1.82) is 0 Å². The highest BCUT2D eigenvalue weighted by molar-refractivity contribution is 7.99. The molecule has 0 radical (unpaired) electrons. The topological polar surface area (TPSA) is 79.9 Å². The quantitative estimate of drug-likeness (QED) is 0.495. The van der Waals surface area contributed by atoms with Gasteiger partial charge in [0.1, 0.15) is 12.4 Å². The molecule has 29 heavy (non-hydrogen) atoms. The molecule has 0 unspecified atom stereocenters. The minimum Gasteiger partial charge on any atom is -0.486 e. The fourth-order valence-electron chi connectivity index (χ4n) is 2.81. The standard InChI is InChI=1S/C22H26N4O2S/c1-4-16-9-11-17(12-10-16)28-13-20-24-22(26-25-20)29-14-21(27)23-19-8-6-5-7-18(19)15(2)3/h5-12,15H,4,13-14H2,1-3H3,(H,23,27)(H,24,25,26). The SMILES string of the molecule is CCc1ccc(OCc2nc(SCC(=O)Nc3ccccc3C(C)C)n[nH]2)cc1. The Hall–Kier alpha value is -2.80. The van der Waals surface area contributed by atoms with Crippen molar-refractivity contribution in [2.45, 2.75) is 44.9 Å². The van der Waals surface area contributed by atoms with Crippen LogP contribution in [0.25, 0.3) is 0 Å². The maximum Gasteiger partial charge on any atom is 0.234 e. The lowest BCUT2D eigenvalue weighted by Crippen LogP contribution is -2.15. The summed E-state index contributed by atoms with van der Waals surface area (Å²) in [6.45, 7) is 6.63. The van der Waals surface area contributed by atoms with Gasteiger partial charge in [-0.1, -0.05) is 62.9 Å². The smallest absolute Gasteiger partial charge is 0.234 e. The van der Waals surface area contributed by atoms with E-state index < -0.39 is 0 Å². The Morgan fingerprint density at radius 3 is 2.66 bits per heavy atom. The lowest BCUT2D eigenvalue weighted by molar-refractivity contribution is -0.113. The predicted molar refractivity (Wildman–Crippen MR) is 116 cm³/mol. The van der Waals surface area contributed by atoms with Crippen molar-refractivity contribution in [3.05, 3.63) is 65.5 Å². The number of nitrogens with one attached hydrogen (secondary N) is 2. The van der Waals surface area contributed by atoms with Gasteiger partial charge in [-0.3, -0.25) is 9.89 Å². The van der Waals surface area contributed by atoms with E-state index in [1.165, 1.54) is 17.3 Å². The molecule has 0 fully saturated rings. The third kappa shape index (κ3) is 6.09. The Morgan fingerprint density at radius 1 is 1.17 bits per heavy atom. The average molecular weight is 411 g/mol.